The lowest BCUT2D eigenvalue weighted by Crippen LogP contribution is -2.33. The van der Waals surface area contributed by atoms with Gasteiger partial charge in [0, 0.05) is 25.3 Å². The van der Waals surface area contributed by atoms with Crippen molar-refractivity contribution in [2.24, 2.45) is 5.92 Å². The first-order chi connectivity index (χ1) is 8.79. The average molecular weight is 248 g/mol. The molecule has 0 amide bonds. The molecule has 0 radical (unpaired) electrons. The van der Waals surface area contributed by atoms with Crippen molar-refractivity contribution in [1.82, 2.24) is 9.88 Å². The fourth-order valence-electron chi connectivity index (χ4n) is 2.14. The monoisotopic (exact) mass is 248 g/mol. The summed E-state index contributed by atoms with van der Waals surface area (Å²) in [4.78, 5) is 18.5. The van der Waals surface area contributed by atoms with Crippen LogP contribution in [0, 0.1) is 5.92 Å². The van der Waals surface area contributed by atoms with Crippen LogP contribution in [0.25, 0.3) is 0 Å². The van der Waals surface area contributed by atoms with E-state index in [4.69, 9.17) is 4.74 Å². The lowest BCUT2D eigenvalue weighted by atomic mass is 10.0. The molecule has 0 aliphatic carbocycles. The highest BCUT2D eigenvalue weighted by molar-refractivity contribution is 5.83. The van der Waals surface area contributed by atoms with Gasteiger partial charge in [0.2, 0.25) is 0 Å². The first-order valence-corrected chi connectivity index (χ1v) is 6.52. The molecular formula is C14H20N2O2. The zero-order chi connectivity index (χ0) is 12.8. The molecular weight excluding hydrogens is 228 g/mol. The third-order valence-electron chi connectivity index (χ3n) is 3.32. The predicted molar refractivity (Wildman–Crippen MR) is 69.1 cm³/mol. The van der Waals surface area contributed by atoms with Gasteiger partial charge in [-0.1, -0.05) is 13.0 Å². The number of pyridine rings is 1. The minimum absolute atomic E-state index is 0.0998. The Bertz CT molecular complexity index is 375. The molecule has 18 heavy (non-hydrogen) atoms. The van der Waals surface area contributed by atoms with E-state index in [1.165, 1.54) is 0 Å². The second-order valence-corrected chi connectivity index (χ2v) is 4.65. The van der Waals surface area contributed by atoms with E-state index < -0.39 is 0 Å². The van der Waals surface area contributed by atoms with Crippen LogP contribution < -0.4 is 0 Å². The first-order valence-electron chi connectivity index (χ1n) is 6.52. The van der Waals surface area contributed by atoms with E-state index in [0.717, 1.165) is 31.8 Å². The number of carbonyl (C=O) groups is 1. The highest BCUT2D eigenvalue weighted by Gasteiger charge is 2.24. The standard InChI is InChI=1S/C14H20N2O2/c1-2-16(9-13-5-3-4-7-15-13)10-14(17)12-6-8-18-11-12/h3-5,7,12H,2,6,8-11H2,1H3. The van der Waals surface area contributed by atoms with Crippen LogP contribution >= 0.6 is 0 Å². The molecule has 4 nitrogen and oxygen atoms in total. The van der Waals surface area contributed by atoms with Crippen LogP contribution in [0.15, 0.2) is 24.4 Å². The highest BCUT2D eigenvalue weighted by Crippen LogP contribution is 2.14. The Morgan fingerprint density at radius 3 is 3.06 bits per heavy atom. The van der Waals surface area contributed by atoms with Gasteiger partial charge in [0.15, 0.2) is 5.78 Å². The van der Waals surface area contributed by atoms with Crippen molar-refractivity contribution in [3.63, 3.8) is 0 Å². The molecule has 1 aliphatic heterocycles. The van der Waals surface area contributed by atoms with Crippen LogP contribution in [0.5, 0.6) is 0 Å². The largest absolute Gasteiger partial charge is 0.381 e. The quantitative estimate of drug-likeness (QED) is 0.765. The second kappa shape index (κ2) is 6.61. The number of Topliss-reactive ketones (excluding diaryl/α,β-unsaturated/α-hetero) is 1. The molecule has 2 rings (SSSR count). The van der Waals surface area contributed by atoms with Crippen LogP contribution in [0.3, 0.4) is 0 Å². The summed E-state index contributed by atoms with van der Waals surface area (Å²) in [7, 11) is 0. The highest BCUT2D eigenvalue weighted by atomic mass is 16.5. The van der Waals surface area contributed by atoms with E-state index >= 15 is 0 Å². The minimum Gasteiger partial charge on any atom is -0.381 e. The molecule has 1 atom stereocenters. The fraction of sp³-hybridized carbons (Fsp3) is 0.571. The normalized spacial score (nSPS) is 19.3. The summed E-state index contributed by atoms with van der Waals surface area (Å²) in [6.45, 7) is 5.48. The molecule has 0 N–H and O–H groups in total. The molecule has 1 aromatic rings. The molecule has 2 heterocycles. The smallest absolute Gasteiger partial charge is 0.152 e. The van der Waals surface area contributed by atoms with Crippen molar-refractivity contribution >= 4 is 5.78 Å². The number of hydrogen-bond acceptors (Lipinski definition) is 4. The summed E-state index contributed by atoms with van der Waals surface area (Å²) < 4.78 is 5.26. The van der Waals surface area contributed by atoms with Crippen molar-refractivity contribution in [2.75, 3.05) is 26.3 Å². The van der Waals surface area contributed by atoms with E-state index in [2.05, 4.69) is 16.8 Å². The van der Waals surface area contributed by atoms with Gasteiger partial charge in [0.1, 0.15) is 0 Å². The van der Waals surface area contributed by atoms with E-state index in [1.54, 1.807) is 6.20 Å². The van der Waals surface area contributed by atoms with Crippen molar-refractivity contribution < 1.29 is 9.53 Å². The summed E-state index contributed by atoms with van der Waals surface area (Å²) >= 11 is 0. The molecule has 0 bridgehead atoms. The van der Waals surface area contributed by atoms with Gasteiger partial charge in [-0.2, -0.15) is 0 Å². The number of rotatable bonds is 6. The lowest BCUT2D eigenvalue weighted by Gasteiger charge is -2.20. The van der Waals surface area contributed by atoms with Crippen LogP contribution in [0.2, 0.25) is 0 Å². The number of ether oxygens (including phenoxy) is 1. The van der Waals surface area contributed by atoms with Gasteiger partial charge in [-0.25, -0.2) is 0 Å². The van der Waals surface area contributed by atoms with Gasteiger partial charge >= 0.3 is 0 Å². The average Bonchev–Trinajstić information content (AvgIpc) is 2.93. The molecule has 1 aromatic heterocycles. The summed E-state index contributed by atoms with van der Waals surface area (Å²) in [5.41, 5.74) is 1.01. The zero-order valence-electron chi connectivity index (χ0n) is 10.8. The summed E-state index contributed by atoms with van der Waals surface area (Å²) in [5.74, 6) is 0.396. The number of hydrogen-bond donors (Lipinski definition) is 0. The van der Waals surface area contributed by atoms with Gasteiger partial charge < -0.3 is 4.74 Å². The Balaban J connectivity index is 1.87. The predicted octanol–water partition coefficient (Wildman–Crippen LogP) is 1.51. The number of ketones is 1. The Labute approximate surface area is 108 Å². The van der Waals surface area contributed by atoms with Gasteiger partial charge in [0.25, 0.3) is 0 Å². The SMILES string of the molecule is CCN(CC(=O)C1CCOC1)Cc1ccccn1. The summed E-state index contributed by atoms with van der Waals surface area (Å²) in [6, 6.07) is 5.87. The number of likely N-dealkylation sites (N-methyl/N-ethyl adjacent to an activating group) is 1. The van der Waals surface area contributed by atoms with E-state index in [-0.39, 0.29) is 5.92 Å². The van der Waals surface area contributed by atoms with Crippen molar-refractivity contribution in [3.05, 3.63) is 30.1 Å². The fourth-order valence-corrected chi connectivity index (χ4v) is 2.14. The number of nitrogens with zero attached hydrogens (tertiary/aromatic N) is 2. The van der Waals surface area contributed by atoms with E-state index in [0.29, 0.717) is 18.9 Å². The van der Waals surface area contributed by atoms with E-state index in [1.807, 2.05) is 18.2 Å². The third-order valence-corrected chi connectivity index (χ3v) is 3.32. The molecule has 4 heteroatoms. The number of carbonyl (C=O) groups excluding carboxylic acids is 1. The zero-order valence-corrected chi connectivity index (χ0v) is 10.8. The maximum Gasteiger partial charge on any atom is 0.152 e. The molecule has 1 unspecified atom stereocenters. The number of aromatic nitrogens is 1. The van der Waals surface area contributed by atoms with Gasteiger partial charge in [-0.15, -0.1) is 0 Å². The van der Waals surface area contributed by atoms with Gasteiger partial charge in [-0.3, -0.25) is 14.7 Å². The molecule has 0 saturated carbocycles. The summed E-state index contributed by atoms with van der Waals surface area (Å²) in [6.07, 6.45) is 2.66. The molecule has 0 spiro atoms. The van der Waals surface area contributed by atoms with Crippen LogP contribution in [0.4, 0.5) is 0 Å². The Morgan fingerprint density at radius 1 is 1.56 bits per heavy atom. The van der Waals surface area contributed by atoms with Crippen LogP contribution in [0.1, 0.15) is 19.0 Å². The van der Waals surface area contributed by atoms with Crippen molar-refractivity contribution in [2.45, 2.75) is 19.9 Å². The van der Waals surface area contributed by atoms with Crippen molar-refractivity contribution in [3.8, 4) is 0 Å². The molecule has 0 aromatic carbocycles. The topological polar surface area (TPSA) is 42.4 Å². The molecule has 98 valence electrons. The minimum atomic E-state index is 0.0998. The maximum absolute atomic E-state index is 12.1. The lowest BCUT2D eigenvalue weighted by molar-refractivity contribution is -0.124. The van der Waals surface area contributed by atoms with Gasteiger partial charge in [-0.05, 0) is 25.1 Å². The summed E-state index contributed by atoms with van der Waals surface area (Å²) in [5, 5.41) is 0. The Morgan fingerprint density at radius 2 is 2.44 bits per heavy atom. The van der Waals surface area contributed by atoms with Crippen LogP contribution in [-0.2, 0) is 16.1 Å². The first kappa shape index (κ1) is 13.2. The second-order valence-electron chi connectivity index (χ2n) is 4.65. The Hall–Kier alpha value is -1.26. The molecule has 1 saturated heterocycles. The third kappa shape index (κ3) is 3.62. The van der Waals surface area contributed by atoms with Crippen LogP contribution in [-0.4, -0.2) is 42.0 Å². The Kier molecular flexibility index (Phi) is 4.84. The van der Waals surface area contributed by atoms with Gasteiger partial charge in [0.05, 0.1) is 18.8 Å². The van der Waals surface area contributed by atoms with E-state index in [9.17, 15) is 4.79 Å². The molecule has 1 fully saturated rings. The molecule has 1 aliphatic rings. The maximum atomic E-state index is 12.1. The van der Waals surface area contributed by atoms with Crippen molar-refractivity contribution in [1.29, 1.82) is 0 Å².